The summed E-state index contributed by atoms with van der Waals surface area (Å²) < 4.78 is 17.8. The number of carbonyl (C=O) groups excluding carboxylic acids is 1. The van der Waals surface area contributed by atoms with Gasteiger partial charge in [0.05, 0.1) is 25.9 Å². The van der Waals surface area contributed by atoms with Crippen molar-refractivity contribution in [3.05, 3.63) is 58.1 Å². The molecule has 1 unspecified atom stereocenters. The van der Waals surface area contributed by atoms with E-state index in [1.807, 2.05) is 24.3 Å². The van der Waals surface area contributed by atoms with Crippen molar-refractivity contribution < 1.29 is 9.00 Å². The van der Waals surface area contributed by atoms with Crippen LogP contribution >= 0.6 is 15.9 Å². The third-order valence-electron chi connectivity index (χ3n) is 3.08. The Morgan fingerprint density at radius 1 is 1.15 bits per heavy atom. The van der Waals surface area contributed by atoms with E-state index in [2.05, 4.69) is 20.3 Å². The van der Waals surface area contributed by atoms with Crippen molar-refractivity contribution >= 4 is 37.3 Å². The molecular formula is C14H11BrN2O2S. The Hall–Kier alpha value is -1.66. The summed E-state index contributed by atoms with van der Waals surface area (Å²) in [6, 6.07) is 12.3. The molecule has 1 amide bonds. The molecule has 20 heavy (non-hydrogen) atoms. The lowest BCUT2D eigenvalue weighted by molar-refractivity contribution is 0.101. The fourth-order valence-electron chi connectivity index (χ4n) is 2.14. The zero-order chi connectivity index (χ0) is 14.3. The average molecular weight is 351 g/mol. The molecule has 0 spiro atoms. The summed E-state index contributed by atoms with van der Waals surface area (Å²) in [5.74, 6) is -0.224. The highest BCUT2D eigenvalue weighted by Crippen LogP contribution is 2.31. The van der Waals surface area contributed by atoms with Gasteiger partial charge in [0.2, 0.25) is 0 Å². The average Bonchev–Trinajstić information content (AvgIpc) is 2.64. The van der Waals surface area contributed by atoms with Crippen LogP contribution in [-0.4, -0.2) is 10.1 Å². The second-order valence-corrected chi connectivity index (χ2v) is 7.67. The molecule has 0 fully saturated rings. The van der Waals surface area contributed by atoms with E-state index in [4.69, 9.17) is 5.73 Å². The topological polar surface area (TPSA) is 72.5 Å². The Morgan fingerprint density at radius 3 is 2.55 bits per heavy atom. The number of amides is 1. The molecule has 2 aromatic carbocycles. The molecule has 1 atom stereocenters. The van der Waals surface area contributed by atoms with Gasteiger partial charge in [0.15, 0.2) is 0 Å². The first-order chi connectivity index (χ1) is 9.48. The van der Waals surface area contributed by atoms with Crippen molar-refractivity contribution in [1.29, 1.82) is 0 Å². The number of nitrogen functional groups attached to an aromatic ring is 1. The lowest BCUT2D eigenvalue weighted by atomic mass is 10.2. The lowest BCUT2D eigenvalue weighted by Gasteiger charge is -2.07. The van der Waals surface area contributed by atoms with Gasteiger partial charge in [-0.15, -0.1) is 0 Å². The molecule has 4 nitrogen and oxygen atoms in total. The molecule has 1 aliphatic rings. The Labute approximate surface area is 125 Å². The summed E-state index contributed by atoms with van der Waals surface area (Å²) in [6.45, 7) is 0. The van der Waals surface area contributed by atoms with Gasteiger partial charge < -0.3 is 5.73 Å². The molecule has 1 heterocycles. The van der Waals surface area contributed by atoms with Gasteiger partial charge >= 0.3 is 0 Å². The van der Waals surface area contributed by atoms with Crippen molar-refractivity contribution in [3.63, 3.8) is 0 Å². The van der Waals surface area contributed by atoms with Crippen LogP contribution in [0.4, 0.5) is 5.69 Å². The minimum atomic E-state index is -2.74. The van der Waals surface area contributed by atoms with Gasteiger partial charge in [-0.05, 0) is 35.9 Å². The monoisotopic (exact) mass is 350 g/mol. The standard InChI is InChI=1S/C14H11BrN2O2S/c15-10-3-1-9(2-4-10)8-20(19)13-6-5-11(16)7-12(13)14(18)17-20/h1-7H,8,16H2. The molecule has 0 aromatic heterocycles. The van der Waals surface area contributed by atoms with Crippen molar-refractivity contribution in [2.24, 2.45) is 4.36 Å². The highest BCUT2D eigenvalue weighted by molar-refractivity contribution is 9.10. The minimum Gasteiger partial charge on any atom is -0.399 e. The number of anilines is 1. The SMILES string of the molecule is Nc1ccc2c(c1)C(=O)N=S2(=O)Cc1ccc(Br)cc1. The quantitative estimate of drug-likeness (QED) is 0.845. The molecule has 3 rings (SSSR count). The smallest absolute Gasteiger partial charge is 0.286 e. The number of carbonyl (C=O) groups is 1. The molecule has 2 aromatic rings. The Kier molecular flexibility index (Phi) is 3.14. The fraction of sp³-hybridized carbons (Fsp3) is 0.0714. The molecule has 0 aliphatic carbocycles. The van der Waals surface area contributed by atoms with Crippen LogP contribution in [0.1, 0.15) is 15.9 Å². The number of rotatable bonds is 2. The van der Waals surface area contributed by atoms with Crippen LogP contribution < -0.4 is 5.73 Å². The van der Waals surface area contributed by atoms with Crippen molar-refractivity contribution in [1.82, 2.24) is 0 Å². The number of nitrogens with two attached hydrogens (primary N) is 1. The number of benzene rings is 2. The molecule has 1 aliphatic heterocycles. The highest BCUT2D eigenvalue weighted by atomic mass is 79.9. The maximum Gasteiger partial charge on any atom is 0.286 e. The summed E-state index contributed by atoms with van der Waals surface area (Å²) in [6.07, 6.45) is 0. The first-order valence-electron chi connectivity index (χ1n) is 5.91. The molecule has 102 valence electrons. The molecule has 0 radical (unpaired) electrons. The van der Waals surface area contributed by atoms with Crippen LogP contribution in [0.3, 0.4) is 0 Å². The normalized spacial score (nSPS) is 20.6. The van der Waals surface area contributed by atoms with E-state index in [0.717, 1.165) is 10.0 Å². The molecule has 0 bridgehead atoms. The summed E-state index contributed by atoms with van der Waals surface area (Å²) in [5.41, 5.74) is 7.36. The summed E-state index contributed by atoms with van der Waals surface area (Å²) in [7, 11) is -2.74. The van der Waals surface area contributed by atoms with Crippen LogP contribution in [0.2, 0.25) is 0 Å². The van der Waals surface area contributed by atoms with Gasteiger partial charge in [-0.2, -0.15) is 4.36 Å². The zero-order valence-corrected chi connectivity index (χ0v) is 12.8. The van der Waals surface area contributed by atoms with Gasteiger partial charge in [0.25, 0.3) is 5.91 Å². The summed E-state index contributed by atoms with van der Waals surface area (Å²) in [4.78, 5) is 12.4. The van der Waals surface area contributed by atoms with Crippen LogP contribution in [0, 0.1) is 0 Å². The molecule has 0 saturated carbocycles. The molecule has 2 N–H and O–H groups in total. The first kappa shape index (κ1) is 13.3. The van der Waals surface area contributed by atoms with E-state index in [-0.39, 0.29) is 5.75 Å². The van der Waals surface area contributed by atoms with Gasteiger partial charge in [0, 0.05) is 10.2 Å². The number of fused-ring (bicyclic) bond motifs is 1. The van der Waals surface area contributed by atoms with E-state index in [1.54, 1.807) is 12.1 Å². The zero-order valence-electron chi connectivity index (χ0n) is 10.4. The molecule has 0 saturated heterocycles. The minimum absolute atomic E-state index is 0.225. The predicted octanol–water partition coefficient (Wildman–Crippen LogP) is 3.21. The van der Waals surface area contributed by atoms with E-state index in [9.17, 15) is 9.00 Å². The van der Waals surface area contributed by atoms with Crippen LogP contribution in [0.25, 0.3) is 0 Å². The lowest BCUT2D eigenvalue weighted by Crippen LogP contribution is -2.03. The van der Waals surface area contributed by atoms with Gasteiger partial charge in [-0.3, -0.25) is 4.79 Å². The summed E-state index contributed by atoms with van der Waals surface area (Å²) >= 11 is 3.35. The van der Waals surface area contributed by atoms with E-state index in [1.165, 1.54) is 6.07 Å². The Bertz CT molecular complexity index is 822. The highest BCUT2D eigenvalue weighted by Gasteiger charge is 2.29. The predicted molar refractivity (Wildman–Crippen MR) is 81.9 cm³/mol. The van der Waals surface area contributed by atoms with Crippen LogP contribution in [-0.2, 0) is 15.5 Å². The van der Waals surface area contributed by atoms with Gasteiger partial charge in [-0.1, -0.05) is 28.1 Å². The van der Waals surface area contributed by atoms with Gasteiger partial charge in [-0.25, -0.2) is 4.21 Å². The number of nitrogens with zero attached hydrogens (tertiary/aromatic N) is 1. The Balaban J connectivity index is 2.06. The Morgan fingerprint density at radius 2 is 1.85 bits per heavy atom. The fourth-order valence-corrected chi connectivity index (χ4v) is 4.51. The third-order valence-corrected chi connectivity index (χ3v) is 5.84. The molecule has 6 heteroatoms. The van der Waals surface area contributed by atoms with Crippen LogP contribution in [0.5, 0.6) is 0 Å². The van der Waals surface area contributed by atoms with Gasteiger partial charge in [0.1, 0.15) is 0 Å². The maximum atomic E-state index is 12.9. The second kappa shape index (κ2) is 4.71. The maximum absolute atomic E-state index is 12.9. The second-order valence-electron chi connectivity index (χ2n) is 4.56. The number of halogens is 1. The third kappa shape index (κ3) is 2.25. The number of hydrogen-bond acceptors (Lipinski definition) is 3. The van der Waals surface area contributed by atoms with Crippen LogP contribution in [0.15, 0.2) is 56.2 Å². The first-order valence-corrected chi connectivity index (χ1v) is 8.39. The largest absolute Gasteiger partial charge is 0.399 e. The molecular weight excluding hydrogens is 340 g/mol. The number of hydrogen-bond donors (Lipinski definition) is 1. The summed E-state index contributed by atoms with van der Waals surface area (Å²) in [5, 5.41) is 0. The van der Waals surface area contributed by atoms with Crippen molar-refractivity contribution in [3.8, 4) is 0 Å². The van der Waals surface area contributed by atoms with E-state index >= 15 is 0 Å². The van der Waals surface area contributed by atoms with E-state index in [0.29, 0.717) is 16.1 Å². The van der Waals surface area contributed by atoms with Crippen molar-refractivity contribution in [2.45, 2.75) is 10.6 Å². The van der Waals surface area contributed by atoms with E-state index < -0.39 is 15.6 Å². The van der Waals surface area contributed by atoms with Crippen molar-refractivity contribution in [2.75, 3.05) is 5.73 Å².